The third-order valence-corrected chi connectivity index (χ3v) is 0.732. The van der Waals surface area contributed by atoms with Crippen molar-refractivity contribution >= 4 is 11.9 Å². The number of guanidine groups is 1. The van der Waals surface area contributed by atoms with Gasteiger partial charge in [0.05, 0.1) is 6.54 Å². The van der Waals surface area contributed by atoms with Crippen molar-refractivity contribution in [2.75, 3.05) is 6.54 Å². The molecule has 0 heterocycles. The molecule has 6 N–H and O–H groups in total. The van der Waals surface area contributed by atoms with Gasteiger partial charge >= 0.3 is 5.97 Å². The van der Waals surface area contributed by atoms with Crippen molar-refractivity contribution in [2.45, 2.75) is 6.10 Å². The van der Waals surface area contributed by atoms with E-state index in [0.29, 0.717) is 0 Å². The van der Waals surface area contributed by atoms with Gasteiger partial charge in [-0.05, 0) is 0 Å². The highest BCUT2D eigenvalue weighted by Crippen LogP contribution is 1.82. The molecule has 58 valence electrons. The van der Waals surface area contributed by atoms with Crippen molar-refractivity contribution in [3.63, 3.8) is 0 Å². The molecule has 0 aliphatic rings. The summed E-state index contributed by atoms with van der Waals surface area (Å²) in [7, 11) is 0. The van der Waals surface area contributed by atoms with Crippen molar-refractivity contribution in [1.29, 1.82) is 0 Å². The van der Waals surface area contributed by atoms with Gasteiger partial charge in [0.25, 0.3) is 0 Å². The number of carbonyl (C=O) groups is 1. The third-order valence-electron chi connectivity index (χ3n) is 0.732. The first kappa shape index (κ1) is 8.70. The molecule has 0 spiro atoms. The quantitative estimate of drug-likeness (QED) is 0.264. The Morgan fingerprint density at radius 3 is 2.40 bits per heavy atom. The number of carboxylic acids is 1. The monoisotopic (exact) mass is 147 g/mol. The molecule has 1 atom stereocenters. The van der Waals surface area contributed by atoms with Gasteiger partial charge in [0, 0.05) is 0 Å². The first-order valence-electron chi connectivity index (χ1n) is 2.50. The molecule has 10 heavy (non-hydrogen) atoms. The molecule has 0 amide bonds. The number of hydrogen-bond donors (Lipinski definition) is 4. The molecular formula is C4H9N3O3. The highest BCUT2D eigenvalue weighted by Gasteiger charge is 2.10. The van der Waals surface area contributed by atoms with Crippen LogP contribution in [0, 0.1) is 0 Å². The summed E-state index contributed by atoms with van der Waals surface area (Å²) in [6, 6.07) is 0. The lowest BCUT2D eigenvalue weighted by molar-refractivity contribution is -0.145. The Balaban J connectivity index is 3.70. The number of nitrogens with zero attached hydrogens (tertiary/aromatic N) is 1. The average Bonchev–Trinajstić information content (AvgIpc) is 1.82. The number of hydrogen-bond acceptors (Lipinski definition) is 3. The number of nitrogens with two attached hydrogens (primary N) is 2. The summed E-state index contributed by atoms with van der Waals surface area (Å²) in [5.74, 6) is -1.58. The largest absolute Gasteiger partial charge is 0.479 e. The maximum Gasteiger partial charge on any atom is 0.334 e. The Morgan fingerprint density at radius 1 is 1.60 bits per heavy atom. The highest BCUT2D eigenvalue weighted by molar-refractivity contribution is 5.77. The van der Waals surface area contributed by atoms with Gasteiger partial charge < -0.3 is 21.7 Å². The van der Waals surface area contributed by atoms with Crippen LogP contribution in [0.1, 0.15) is 0 Å². The lowest BCUT2D eigenvalue weighted by Crippen LogP contribution is -2.28. The number of rotatable bonds is 3. The van der Waals surface area contributed by atoms with E-state index in [1.807, 2.05) is 0 Å². The normalized spacial score (nSPS) is 12.1. The minimum atomic E-state index is -1.53. The highest BCUT2D eigenvalue weighted by atomic mass is 16.4. The number of aliphatic imine (C=N–C) groups is 1. The molecule has 0 fully saturated rings. The van der Waals surface area contributed by atoms with E-state index in [2.05, 4.69) is 4.99 Å². The van der Waals surface area contributed by atoms with E-state index < -0.39 is 12.1 Å². The fraction of sp³-hybridized carbons (Fsp3) is 0.500. The Morgan fingerprint density at radius 2 is 2.10 bits per heavy atom. The van der Waals surface area contributed by atoms with Gasteiger partial charge in [-0.25, -0.2) is 4.79 Å². The van der Waals surface area contributed by atoms with Crippen LogP contribution >= 0.6 is 0 Å². The van der Waals surface area contributed by atoms with Gasteiger partial charge in [0.1, 0.15) is 0 Å². The number of aliphatic hydroxyl groups excluding tert-OH is 1. The molecule has 0 aliphatic heterocycles. The Kier molecular flexibility index (Phi) is 3.20. The molecule has 0 radical (unpaired) electrons. The van der Waals surface area contributed by atoms with E-state index in [-0.39, 0.29) is 12.5 Å². The van der Waals surface area contributed by atoms with E-state index in [9.17, 15) is 4.79 Å². The minimum absolute atomic E-state index is 0.236. The zero-order chi connectivity index (χ0) is 8.15. The molecule has 0 aromatic carbocycles. The molecule has 0 saturated carbocycles. The standard InChI is InChI=1S/C4H9N3O3/c5-4(6)7-1-2(8)3(9)10/h2,8H,1H2,(H,9,10)(H4,5,6,7)/t2-/m0/s1. The van der Waals surface area contributed by atoms with Crippen molar-refractivity contribution in [2.24, 2.45) is 16.5 Å². The minimum Gasteiger partial charge on any atom is -0.479 e. The summed E-state index contributed by atoms with van der Waals surface area (Å²) < 4.78 is 0. The molecule has 0 saturated heterocycles. The van der Waals surface area contributed by atoms with Crippen LogP contribution in [-0.2, 0) is 4.79 Å². The van der Waals surface area contributed by atoms with Crippen molar-refractivity contribution in [3.8, 4) is 0 Å². The fourth-order valence-electron chi connectivity index (χ4n) is 0.270. The predicted molar refractivity (Wildman–Crippen MR) is 34.3 cm³/mol. The molecular weight excluding hydrogens is 138 g/mol. The number of aliphatic carboxylic acids is 1. The molecule has 0 unspecified atom stereocenters. The number of aliphatic hydroxyl groups is 1. The molecule has 6 heteroatoms. The smallest absolute Gasteiger partial charge is 0.334 e. The van der Waals surface area contributed by atoms with Crippen LogP contribution in [0.25, 0.3) is 0 Å². The molecule has 6 nitrogen and oxygen atoms in total. The van der Waals surface area contributed by atoms with Crippen molar-refractivity contribution < 1.29 is 15.0 Å². The van der Waals surface area contributed by atoms with E-state index in [4.69, 9.17) is 21.7 Å². The van der Waals surface area contributed by atoms with Crippen LogP contribution in [0.3, 0.4) is 0 Å². The van der Waals surface area contributed by atoms with Gasteiger partial charge in [-0.2, -0.15) is 0 Å². The number of carboxylic acid groups (broad SMARTS) is 1. The van der Waals surface area contributed by atoms with Crippen LogP contribution in [0.4, 0.5) is 0 Å². The zero-order valence-electron chi connectivity index (χ0n) is 5.19. The van der Waals surface area contributed by atoms with E-state index in [1.165, 1.54) is 0 Å². The SMILES string of the molecule is NC(N)=NC[C@H](O)C(=O)O. The van der Waals surface area contributed by atoms with Gasteiger partial charge in [0.15, 0.2) is 12.1 Å². The molecule has 0 aromatic rings. The maximum atomic E-state index is 9.91. The summed E-state index contributed by atoms with van der Waals surface area (Å²) in [5.41, 5.74) is 9.73. The zero-order valence-corrected chi connectivity index (χ0v) is 5.19. The van der Waals surface area contributed by atoms with Crippen LogP contribution < -0.4 is 11.5 Å². The second-order valence-electron chi connectivity index (χ2n) is 1.62. The first-order chi connectivity index (χ1) is 4.54. The Labute approximate surface area is 57.2 Å². The third kappa shape index (κ3) is 3.67. The summed E-state index contributed by atoms with van der Waals surface area (Å²) >= 11 is 0. The lowest BCUT2D eigenvalue weighted by atomic mass is 10.4. The second-order valence-corrected chi connectivity index (χ2v) is 1.62. The van der Waals surface area contributed by atoms with Crippen LogP contribution in [0.5, 0.6) is 0 Å². The van der Waals surface area contributed by atoms with E-state index in [0.717, 1.165) is 0 Å². The molecule has 0 rings (SSSR count). The van der Waals surface area contributed by atoms with Gasteiger partial charge in [-0.3, -0.25) is 4.99 Å². The molecule has 0 aliphatic carbocycles. The topological polar surface area (TPSA) is 122 Å². The van der Waals surface area contributed by atoms with Crippen LogP contribution in [0.2, 0.25) is 0 Å². The average molecular weight is 147 g/mol. The Hall–Kier alpha value is -1.30. The van der Waals surface area contributed by atoms with E-state index in [1.54, 1.807) is 0 Å². The molecule has 0 aromatic heterocycles. The lowest BCUT2D eigenvalue weighted by Gasteiger charge is -1.99. The fourth-order valence-corrected chi connectivity index (χ4v) is 0.270. The predicted octanol–water partition coefficient (Wildman–Crippen LogP) is -2.29. The summed E-state index contributed by atoms with van der Waals surface area (Å²) in [6.07, 6.45) is -1.53. The first-order valence-corrected chi connectivity index (χ1v) is 2.50. The van der Waals surface area contributed by atoms with Crippen molar-refractivity contribution in [1.82, 2.24) is 0 Å². The van der Waals surface area contributed by atoms with Crippen LogP contribution in [0.15, 0.2) is 4.99 Å². The van der Waals surface area contributed by atoms with Gasteiger partial charge in [-0.15, -0.1) is 0 Å². The van der Waals surface area contributed by atoms with Crippen LogP contribution in [-0.4, -0.2) is 34.8 Å². The Bertz CT molecular complexity index is 152. The van der Waals surface area contributed by atoms with Gasteiger partial charge in [-0.1, -0.05) is 0 Å². The second kappa shape index (κ2) is 3.67. The summed E-state index contributed by atoms with van der Waals surface area (Å²) in [6.45, 7) is -0.308. The summed E-state index contributed by atoms with van der Waals surface area (Å²) in [4.78, 5) is 13.2. The van der Waals surface area contributed by atoms with Gasteiger partial charge in [0.2, 0.25) is 0 Å². The van der Waals surface area contributed by atoms with Crippen molar-refractivity contribution in [3.05, 3.63) is 0 Å². The van der Waals surface area contributed by atoms with E-state index >= 15 is 0 Å². The summed E-state index contributed by atoms with van der Waals surface area (Å²) in [5, 5.41) is 16.7. The maximum absolute atomic E-state index is 9.91. The molecule has 0 bridgehead atoms.